The van der Waals surface area contributed by atoms with E-state index in [-0.39, 0.29) is 23.8 Å². The number of carbonyl (C=O) groups excluding carboxylic acids is 4. The van der Waals surface area contributed by atoms with Crippen molar-refractivity contribution in [3.8, 4) is 5.75 Å². The number of likely N-dealkylation sites (tertiary alicyclic amines) is 1. The second kappa shape index (κ2) is 15.3. The predicted molar refractivity (Wildman–Crippen MR) is 176 cm³/mol. The molecule has 1 aliphatic rings. The Morgan fingerprint density at radius 2 is 1.63 bits per heavy atom. The van der Waals surface area contributed by atoms with E-state index in [0.717, 1.165) is 23.8 Å². The number of aromatic hydroxyl groups is 1. The number of hydrogen-bond donors (Lipinski definition) is 6. The zero-order valence-electron chi connectivity index (χ0n) is 26.7. The molecule has 0 radical (unpaired) electrons. The second-order valence-electron chi connectivity index (χ2n) is 13.0. The number of piperidine rings is 1. The summed E-state index contributed by atoms with van der Waals surface area (Å²) < 4.78 is 0. The Labute approximate surface area is 269 Å². The summed E-state index contributed by atoms with van der Waals surface area (Å²) in [5, 5.41) is 31.3. The van der Waals surface area contributed by atoms with Crippen LogP contribution in [0.5, 0.6) is 5.75 Å². The topological polar surface area (TPSA) is 174 Å². The summed E-state index contributed by atoms with van der Waals surface area (Å²) in [5.41, 5.74) is 6.50. The molecule has 3 aromatic rings. The lowest BCUT2D eigenvalue weighted by molar-refractivity contribution is -0.130. The predicted octanol–water partition coefficient (Wildman–Crippen LogP) is 2.38. The maximum absolute atomic E-state index is 13.2. The van der Waals surface area contributed by atoms with Crippen molar-refractivity contribution in [2.75, 3.05) is 13.1 Å². The van der Waals surface area contributed by atoms with E-state index in [1.165, 1.54) is 12.1 Å². The Kier molecular flexibility index (Phi) is 11.5. The Balaban J connectivity index is 1.41. The number of carbonyl (C=O) groups is 4. The number of β-amino-alcohol motifs (C(OH)–C–C–N with tert-alkyl or cyclic N) is 1. The molecule has 0 bridgehead atoms. The molecule has 1 fully saturated rings. The molecule has 4 atom stereocenters. The van der Waals surface area contributed by atoms with Crippen molar-refractivity contribution in [3.63, 3.8) is 0 Å². The molecule has 0 saturated carbocycles. The number of benzene rings is 3. The van der Waals surface area contributed by atoms with Crippen LogP contribution in [-0.4, -0.2) is 81.6 Å². The third-order valence-corrected chi connectivity index (χ3v) is 8.03. The van der Waals surface area contributed by atoms with E-state index in [9.17, 15) is 29.4 Å². The highest BCUT2D eigenvalue weighted by molar-refractivity contribution is 6.09. The molecule has 11 heteroatoms. The minimum Gasteiger partial charge on any atom is -0.507 e. The molecule has 1 aliphatic heterocycles. The maximum atomic E-state index is 13.2. The van der Waals surface area contributed by atoms with E-state index in [1.807, 2.05) is 56.0 Å². The van der Waals surface area contributed by atoms with Crippen LogP contribution < -0.4 is 21.7 Å². The first kappa shape index (κ1) is 34.6. The van der Waals surface area contributed by atoms with Crippen molar-refractivity contribution in [1.29, 1.82) is 0 Å². The average Bonchev–Trinajstić information content (AvgIpc) is 3.00. The number of rotatable bonds is 11. The average molecular weight is 632 g/mol. The van der Waals surface area contributed by atoms with Gasteiger partial charge in [-0.2, -0.15) is 0 Å². The summed E-state index contributed by atoms with van der Waals surface area (Å²) in [6.45, 7) is 6.55. The number of phenols is 1. The lowest BCUT2D eigenvalue weighted by atomic mass is 9.96. The number of aliphatic hydroxyl groups excluding tert-OH is 1. The van der Waals surface area contributed by atoms with Crippen LogP contribution in [0.25, 0.3) is 10.8 Å². The van der Waals surface area contributed by atoms with E-state index in [1.54, 1.807) is 24.3 Å². The van der Waals surface area contributed by atoms with Crippen molar-refractivity contribution in [2.45, 2.75) is 82.6 Å². The van der Waals surface area contributed by atoms with Crippen LogP contribution in [0, 0.1) is 0 Å². The van der Waals surface area contributed by atoms with Gasteiger partial charge in [0.05, 0.1) is 36.2 Å². The summed E-state index contributed by atoms with van der Waals surface area (Å²) >= 11 is 0. The zero-order chi connectivity index (χ0) is 33.4. The molecule has 3 aromatic carbocycles. The molecular formula is C35H45N5O6. The normalized spacial score (nSPS) is 17.5. The van der Waals surface area contributed by atoms with Gasteiger partial charge >= 0.3 is 0 Å². The van der Waals surface area contributed by atoms with Crippen molar-refractivity contribution < 1.29 is 29.4 Å². The summed E-state index contributed by atoms with van der Waals surface area (Å²) in [5.74, 6) is -2.65. The SMILES string of the molecule is CC(C)(C)NC(=O)[C@@H]1CCCCN1CC(O)C(Cc1ccccc1)NC(=O)[C@@H](N)CC(=O)NC(=O)c1cc2ccccc2cc1O. The van der Waals surface area contributed by atoms with E-state index < -0.39 is 53.9 Å². The van der Waals surface area contributed by atoms with Crippen molar-refractivity contribution >= 4 is 34.4 Å². The van der Waals surface area contributed by atoms with E-state index >= 15 is 0 Å². The molecular weight excluding hydrogens is 586 g/mol. The number of nitrogens with two attached hydrogens (primary N) is 1. The summed E-state index contributed by atoms with van der Waals surface area (Å²) in [4.78, 5) is 53.8. The van der Waals surface area contributed by atoms with Crippen LogP contribution >= 0.6 is 0 Å². The van der Waals surface area contributed by atoms with Crippen LogP contribution in [0.15, 0.2) is 66.7 Å². The molecule has 0 spiro atoms. The molecule has 1 heterocycles. The van der Waals surface area contributed by atoms with Crippen molar-refractivity contribution in [2.24, 2.45) is 5.73 Å². The molecule has 46 heavy (non-hydrogen) atoms. The van der Waals surface area contributed by atoms with Crippen LogP contribution in [0.2, 0.25) is 0 Å². The number of imide groups is 1. The Bertz CT molecular complexity index is 1540. The van der Waals surface area contributed by atoms with E-state index in [2.05, 4.69) is 16.0 Å². The van der Waals surface area contributed by atoms with Crippen LogP contribution in [0.3, 0.4) is 0 Å². The van der Waals surface area contributed by atoms with Gasteiger partial charge in [0, 0.05) is 12.1 Å². The lowest BCUT2D eigenvalue weighted by Gasteiger charge is -2.38. The van der Waals surface area contributed by atoms with Crippen molar-refractivity contribution in [1.82, 2.24) is 20.9 Å². The fourth-order valence-electron chi connectivity index (χ4n) is 5.72. The highest BCUT2D eigenvalue weighted by atomic mass is 16.3. The number of phenolic OH excluding ortho intramolecular Hbond substituents is 1. The summed E-state index contributed by atoms with van der Waals surface area (Å²) in [7, 11) is 0. The van der Waals surface area contributed by atoms with Gasteiger partial charge in [0.2, 0.25) is 17.7 Å². The number of aliphatic hydroxyl groups is 1. The van der Waals surface area contributed by atoms with Gasteiger partial charge in [0.1, 0.15) is 5.75 Å². The second-order valence-corrected chi connectivity index (χ2v) is 13.0. The van der Waals surface area contributed by atoms with Gasteiger partial charge in [-0.05, 0) is 75.0 Å². The number of nitrogens with zero attached hydrogens (tertiary/aromatic N) is 1. The maximum Gasteiger partial charge on any atom is 0.261 e. The Morgan fingerprint density at radius 1 is 0.978 bits per heavy atom. The van der Waals surface area contributed by atoms with Gasteiger partial charge in [-0.25, -0.2) is 0 Å². The fraction of sp³-hybridized carbons (Fsp3) is 0.429. The number of fused-ring (bicyclic) bond motifs is 1. The van der Waals surface area contributed by atoms with Crippen LogP contribution in [0.4, 0.5) is 0 Å². The quantitative estimate of drug-likeness (QED) is 0.187. The van der Waals surface area contributed by atoms with Gasteiger partial charge in [0.25, 0.3) is 5.91 Å². The zero-order valence-corrected chi connectivity index (χ0v) is 26.7. The van der Waals surface area contributed by atoms with Gasteiger partial charge < -0.3 is 26.6 Å². The molecule has 4 amide bonds. The minimum atomic E-state index is -1.32. The summed E-state index contributed by atoms with van der Waals surface area (Å²) in [6.07, 6.45) is 1.20. The molecule has 0 aliphatic carbocycles. The van der Waals surface area contributed by atoms with Crippen LogP contribution in [-0.2, 0) is 20.8 Å². The first-order chi connectivity index (χ1) is 21.8. The number of hydrogen-bond acceptors (Lipinski definition) is 8. The van der Waals surface area contributed by atoms with E-state index in [0.29, 0.717) is 24.8 Å². The molecule has 246 valence electrons. The standard InChI is InChI=1S/C35H45N5O6/c1-35(2,3)39-34(46)28-15-9-10-16-40(28)21-30(42)27(17-22-11-5-4-6-12-22)37-33(45)26(36)20-31(43)38-32(44)25-18-23-13-7-8-14-24(23)19-29(25)41/h4-8,11-14,18-19,26-28,30,41-42H,9-10,15-17,20-21,36H2,1-3H3,(H,37,45)(H,39,46)(H,38,43,44)/t26-,27?,28-,30?/m0/s1. The van der Waals surface area contributed by atoms with E-state index in [4.69, 9.17) is 5.73 Å². The van der Waals surface area contributed by atoms with Crippen molar-refractivity contribution in [3.05, 3.63) is 77.9 Å². The fourth-order valence-corrected chi connectivity index (χ4v) is 5.72. The first-order valence-corrected chi connectivity index (χ1v) is 15.7. The highest BCUT2D eigenvalue weighted by Crippen LogP contribution is 2.25. The van der Waals surface area contributed by atoms with Gasteiger partial charge in [-0.1, -0.05) is 61.0 Å². The van der Waals surface area contributed by atoms with Crippen LogP contribution in [0.1, 0.15) is 62.4 Å². The largest absolute Gasteiger partial charge is 0.507 e. The monoisotopic (exact) mass is 631 g/mol. The third-order valence-electron chi connectivity index (χ3n) is 8.03. The summed E-state index contributed by atoms with van der Waals surface area (Å²) in [6, 6.07) is 16.9. The number of nitrogens with one attached hydrogen (secondary N) is 3. The molecule has 2 unspecified atom stereocenters. The smallest absolute Gasteiger partial charge is 0.261 e. The molecule has 0 aromatic heterocycles. The Hall–Kier alpha value is -4.32. The molecule has 7 N–H and O–H groups in total. The minimum absolute atomic E-state index is 0.0803. The number of amides is 4. The molecule has 11 nitrogen and oxygen atoms in total. The lowest BCUT2D eigenvalue weighted by Crippen LogP contribution is -2.58. The van der Waals surface area contributed by atoms with Gasteiger partial charge in [0.15, 0.2) is 0 Å². The Morgan fingerprint density at radius 3 is 2.30 bits per heavy atom. The highest BCUT2D eigenvalue weighted by Gasteiger charge is 2.34. The first-order valence-electron chi connectivity index (χ1n) is 15.7. The van der Waals surface area contributed by atoms with Gasteiger partial charge in [-0.3, -0.25) is 29.4 Å². The third kappa shape index (κ3) is 9.59. The van der Waals surface area contributed by atoms with Gasteiger partial charge in [-0.15, -0.1) is 0 Å². The molecule has 1 saturated heterocycles. The molecule has 4 rings (SSSR count).